The highest BCUT2D eigenvalue weighted by molar-refractivity contribution is 6.42. The first-order valence-corrected chi connectivity index (χ1v) is 6.52. The lowest BCUT2D eigenvalue weighted by Gasteiger charge is -2.34. The Morgan fingerprint density at radius 3 is 1.91 bits per heavy atom. The third kappa shape index (κ3) is 3.27. The molecule has 0 saturated heterocycles. The van der Waals surface area contributed by atoms with E-state index in [0.29, 0.717) is 6.92 Å². The third-order valence-corrected chi connectivity index (χ3v) is 3.80. The Labute approximate surface area is 131 Å². The number of halogens is 8. The number of alkyl halides is 6. The topological polar surface area (TPSA) is 29.1 Å². The van der Waals surface area contributed by atoms with Crippen LogP contribution in [0.5, 0.6) is 0 Å². The smallest absolute Gasteiger partial charge is 0.325 e. The molecule has 0 aliphatic heterocycles. The van der Waals surface area contributed by atoms with Crippen LogP contribution < -0.4 is 5.32 Å². The van der Waals surface area contributed by atoms with Gasteiger partial charge >= 0.3 is 12.4 Å². The summed E-state index contributed by atoms with van der Waals surface area (Å²) in [7, 11) is 0. The van der Waals surface area contributed by atoms with E-state index in [9.17, 15) is 31.1 Å². The molecule has 10 heteroatoms. The Morgan fingerprint density at radius 1 is 1.05 bits per heavy atom. The summed E-state index contributed by atoms with van der Waals surface area (Å²) in [6, 6.07) is 3.13. The van der Waals surface area contributed by atoms with Crippen molar-refractivity contribution in [3.63, 3.8) is 0 Å². The van der Waals surface area contributed by atoms with Crippen molar-refractivity contribution in [2.75, 3.05) is 5.32 Å². The van der Waals surface area contributed by atoms with Crippen molar-refractivity contribution in [3.05, 3.63) is 28.2 Å². The van der Waals surface area contributed by atoms with Crippen LogP contribution in [0.1, 0.15) is 13.3 Å². The van der Waals surface area contributed by atoms with Crippen LogP contribution in [0.4, 0.5) is 32.0 Å². The van der Waals surface area contributed by atoms with Crippen LogP contribution in [-0.4, -0.2) is 18.3 Å². The molecule has 1 aromatic rings. The summed E-state index contributed by atoms with van der Waals surface area (Å²) < 4.78 is 77.6. The molecule has 1 rings (SSSR count). The predicted molar refractivity (Wildman–Crippen MR) is 69.9 cm³/mol. The molecular formula is C12H9Cl2F6NO. The van der Waals surface area contributed by atoms with Gasteiger partial charge in [-0.3, -0.25) is 4.79 Å². The average Bonchev–Trinajstić information content (AvgIpc) is 2.31. The number of carbonyl (C=O) groups excluding carboxylic acids is 1. The minimum absolute atomic E-state index is 0.0352. The van der Waals surface area contributed by atoms with Gasteiger partial charge in [0.15, 0.2) is 0 Å². The Hall–Kier alpha value is -1.15. The molecule has 0 bridgehead atoms. The van der Waals surface area contributed by atoms with Gasteiger partial charge in [0.1, 0.15) is 0 Å². The van der Waals surface area contributed by atoms with Gasteiger partial charge in [-0.1, -0.05) is 30.1 Å². The molecule has 0 aliphatic carbocycles. The van der Waals surface area contributed by atoms with Crippen LogP contribution >= 0.6 is 23.2 Å². The normalized spacial score (nSPS) is 13.1. The second-order valence-corrected chi connectivity index (χ2v) is 5.15. The zero-order valence-corrected chi connectivity index (χ0v) is 12.4. The van der Waals surface area contributed by atoms with E-state index < -0.39 is 30.1 Å². The van der Waals surface area contributed by atoms with E-state index in [1.165, 1.54) is 0 Å². The van der Waals surface area contributed by atoms with Crippen molar-refractivity contribution in [1.82, 2.24) is 0 Å². The third-order valence-electron chi connectivity index (χ3n) is 3.06. The highest BCUT2D eigenvalue weighted by Crippen LogP contribution is 2.53. The van der Waals surface area contributed by atoms with E-state index in [1.807, 2.05) is 0 Å². The lowest BCUT2D eigenvalue weighted by Crippen LogP contribution is -2.57. The first kappa shape index (κ1) is 18.9. The summed E-state index contributed by atoms with van der Waals surface area (Å²) in [6.45, 7) is 0.634. The maximum absolute atomic E-state index is 12.9. The van der Waals surface area contributed by atoms with Gasteiger partial charge in [0.2, 0.25) is 11.3 Å². The molecule has 124 valence electrons. The van der Waals surface area contributed by atoms with Crippen LogP contribution in [0.2, 0.25) is 10.0 Å². The zero-order valence-electron chi connectivity index (χ0n) is 10.9. The van der Waals surface area contributed by atoms with E-state index in [1.54, 1.807) is 5.32 Å². The van der Waals surface area contributed by atoms with Crippen LogP contribution in [-0.2, 0) is 4.79 Å². The summed E-state index contributed by atoms with van der Waals surface area (Å²) in [5, 5.41) is 1.50. The molecule has 0 atom stereocenters. The van der Waals surface area contributed by atoms with Gasteiger partial charge in [0.25, 0.3) is 0 Å². The number of hydrogen-bond acceptors (Lipinski definition) is 1. The number of carbonyl (C=O) groups is 1. The molecular weight excluding hydrogens is 359 g/mol. The second-order valence-electron chi connectivity index (χ2n) is 4.34. The fourth-order valence-electron chi connectivity index (χ4n) is 1.79. The molecule has 0 fully saturated rings. The molecule has 0 aliphatic rings. The molecule has 0 heterocycles. The quantitative estimate of drug-likeness (QED) is 0.706. The molecule has 0 radical (unpaired) electrons. The van der Waals surface area contributed by atoms with Gasteiger partial charge in [-0.15, -0.1) is 0 Å². The number of hydrogen-bond donors (Lipinski definition) is 1. The van der Waals surface area contributed by atoms with E-state index in [0.717, 1.165) is 18.2 Å². The lowest BCUT2D eigenvalue weighted by atomic mass is 9.82. The minimum Gasteiger partial charge on any atom is -0.325 e. The molecule has 1 aromatic carbocycles. The zero-order chi connectivity index (χ0) is 17.3. The highest BCUT2D eigenvalue weighted by atomic mass is 35.5. The maximum atomic E-state index is 12.9. The van der Waals surface area contributed by atoms with E-state index >= 15 is 0 Å². The van der Waals surface area contributed by atoms with Crippen molar-refractivity contribution < 1.29 is 31.1 Å². The number of rotatable bonds is 3. The van der Waals surface area contributed by atoms with Gasteiger partial charge in [-0.2, -0.15) is 26.3 Å². The number of amides is 1. The average molecular weight is 368 g/mol. The molecule has 0 unspecified atom stereocenters. The highest BCUT2D eigenvalue weighted by Gasteiger charge is 2.74. The van der Waals surface area contributed by atoms with Crippen LogP contribution in [0, 0.1) is 5.41 Å². The van der Waals surface area contributed by atoms with E-state index in [4.69, 9.17) is 23.2 Å². The summed E-state index contributed by atoms with van der Waals surface area (Å²) >= 11 is 11.2. The van der Waals surface area contributed by atoms with Crippen LogP contribution in [0.25, 0.3) is 0 Å². The van der Waals surface area contributed by atoms with Crippen LogP contribution in [0.15, 0.2) is 18.2 Å². The van der Waals surface area contributed by atoms with Gasteiger partial charge < -0.3 is 5.32 Å². The second kappa shape index (κ2) is 6.16. The lowest BCUT2D eigenvalue weighted by molar-refractivity contribution is -0.324. The fraction of sp³-hybridized carbons (Fsp3) is 0.417. The van der Waals surface area contributed by atoms with Crippen molar-refractivity contribution in [1.29, 1.82) is 0 Å². The molecule has 0 saturated carbocycles. The monoisotopic (exact) mass is 367 g/mol. The Bertz CT molecular complexity index is 556. The Kier molecular flexibility index (Phi) is 5.29. The largest absolute Gasteiger partial charge is 0.412 e. The Morgan fingerprint density at radius 2 is 1.55 bits per heavy atom. The number of benzene rings is 1. The van der Waals surface area contributed by atoms with Crippen molar-refractivity contribution in [2.24, 2.45) is 5.41 Å². The van der Waals surface area contributed by atoms with Crippen LogP contribution in [0.3, 0.4) is 0 Å². The summed E-state index contributed by atoms with van der Waals surface area (Å²) in [6.07, 6.45) is -13.1. The predicted octanol–water partition coefficient (Wildman–Crippen LogP) is 5.45. The molecule has 1 amide bonds. The summed E-state index contributed by atoms with van der Waals surface area (Å²) in [5.74, 6) is -2.23. The number of anilines is 1. The van der Waals surface area contributed by atoms with Crippen molar-refractivity contribution >= 4 is 34.8 Å². The molecule has 0 aromatic heterocycles. The maximum Gasteiger partial charge on any atom is 0.412 e. The molecule has 2 nitrogen and oxygen atoms in total. The first-order chi connectivity index (χ1) is 9.86. The standard InChI is InChI=1S/C12H9Cl2F6NO/c1-2-10(11(15,16)17,12(18,19)20)9(22)21-6-3-4-7(13)8(14)5-6/h3-5H,2H2,1H3,(H,21,22). The van der Waals surface area contributed by atoms with Gasteiger partial charge in [0.05, 0.1) is 10.0 Å². The van der Waals surface area contributed by atoms with Gasteiger partial charge in [0, 0.05) is 5.69 Å². The summed E-state index contributed by atoms with van der Waals surface area (Å²) in [5.41, 5.74) is -4.84. The van der Waals surface area contributed by atoms with Crippen molar-refractivity contribution in [3.8, 4) is 0 Å². The Balaban J connectivity index is 3.27. The first-order valence-electron chi connectivity index (χ1n) is 5.76. The van der Waals surface area contributed by atoms with Gasteiger partial charge in [-0.05, 0) is 24.6 Å². The van der Waals surface area contributed by atoms with Gasteiger partial charge in [-0.25, -0.2) is 0 Å². The molecule has 1 N–H and O–H groups in total. The van der Waals surface area contributed by atoms with Crippen molar-refractivity contribution in [2.45, 2.75) is 25.7 Å². The SMILES string of the molecule is CCC(C(=O)Nc1ccc(Cl)c(Cl)c1)(C(F)(F)F)C(F)(F)F. The van der Waals surface area contributed by atoms with E-state index in [2.05, 4.69) is 0 Å². The summed E-state index contributed by atoms with van der Waals surface area (Å²) in [4.78, 5) is 11.7. The molecule has 0 spiro atoms. The molecule has 22 heavy (non-hydrogen) atoms. The fourth-order valence-corrected chi connectivity index (χ4v) is 2.09. The minimum atomic E-state index is -5.81. The number of nitrogens with one attached hydrogen (secondary N) is 1. The van der Waals surface area contributed by atoms with E-state index in [-0.39, 0.29) is 15.7 Å².